The lowest BCUT2D eigenvalue weighted by Crippen LogP contribution is -2.53. The SMILES string of the molecule is O=C(CCC(F)(F)F)Nc1cc(C(=O)N[C@@H]2C[C@H]3OCC[C@@H]23)cc(C(F)(F)F)c1. The number of hydrogen-bond acceptors (Lipinski definition) is 3. The number of benzene rings is 1. The van der Waals surface area contributed by atoms with Gasteiger partial charge in [-0.3, -0.25) is 9.59 Å². The van der Waals surface area contributed by atoms with Crippen molar-refractivity contribution in [1.29, 1.82) is 0 Å². The number of anilines is 1. The molecular weight excluding hydrogens is 406 g/mol. The topological polar surface area (TPSA) is 67.4 Å². The quantitative estimate of drug-likeness (QED) is 0.705. The van der Waals surface area contributed by atoms with Gasteiger partial charge in [-0.25, -0.2) is 0 Å². The third-order valence-electron chi connectivity index (χ3n) is 5.02. The van der Waals surface area contributed by atoms with E-state index in [1.165, 1.54) is 0 Å². The standard InChI is InChI=1S/C18H18F6N2O3/c19-17(20,21)3-1-15(27)25-11-6-9(5-10(7-11)18(22,23)24)16(28)26-13-8-14-12(13)2-4-29-14/h5-7,12-14H,1-4,8H2,(H,25,27)(H,26,28)/t12-,13+,14+/m0/s1. The van der Waals surface area contributed by atoms with E-state index < -0.39 is 48.3 Å². The number of fused-ring (bicyclic) bond motifs is 1. The van der Waals surface area contributed by atoms with Gasteiger partial charge in [-0.1, -0.05) is 0 Å². The van der Waals surface area contributed by atoms with Crippen molar-refractivity contribution < 1.29 is 40.7 Å². The molecule has 3 rings (SSSR count). The molecule has 11 heteroatoms. The molecule has 0 aromatic heterocycles. The molecule has 0 spiro atoms. The van der Waals surface area contributed by atoms with E-state index in [1.54, 1.807) is 0 Å². The predicted octanol–water partition coefficient (Wildman–Crippen LogP) is 3.89. The number of carbonyl (C=O) groups is 2. The molecule has 0 bridgehead atoms. The lowest BCUT2D eigenvalue weighted by molar-refractivity contribution is -0.142. The van der Waals surface area contributed by atoms with Crippen molar-refractivity contribution in [3.05, 3.63) is 29.3 Å². The minimum absolute atomic E-state index is 0.0466. The average molecular weight is 424 g/mol. The number of ether oxygens (including phenoxy) is 1. The van der Waals surface area contributed by atoms with E-state index in [0.717, 1.165) is 12.5 Å². The van der Waals surface area contributed by atoms with Crippen molar-refractivity contribution in [1.82, 2.24) is 5.32 Å². The molecule has 29 heavy (non-hydrogen) atoms. The van der Waals surface area contributed by atoms with Gasteiger partial charge >= 0.3 is 12.4 Å². The summed E-state index contributed by atoms with van der Waals surface area (Å²) in [7, 11) is 0. The highest BCUT2D eigenvalue weighted by Crippen LogP contribution is 2.39. The summed E-state index contributed by atoms with van der Waals surface area (Å²) in [4.78, 5) is 24.1. The van der Waals surface area contributed by atoms with Crippen LogP contribution in [0.15, 0.2) is 18.2 Å². The second-order valence-electron chi connectivity index (χ2n) is 7.14. The van der Waals surface area contributed by atoms with Crippen molar-refractivity contribution in [2.24, 2.45) is 5.92 Å². The lowest BCUT2D eigenvalue weighted by atomic mass is 9.76. The van der Waals surface area contributed by atoms with Crippen LogP contribution in [0, 0.1) is 5.92 Å². The molecule has 1 aromatic carbocycles. The number of nitrogens with one attached hydrogen (secondary N) is 2. The summed E-state index contributed by atoms with van der Waals surface area (Å²) in [6, 6.07) is 2.01. The second-order valence-corrected chi connectivity index (χ2v) is 7.14. The van der Waals surface area contributed by atoms with Gasteiger partial charge in [0.15, 0.2) is 0 Å². The van der Waals surface area contributed by atoms with Crippen LogP contribution in [0.4, 0.5) is 32.0 Å². The minimum atomic E-state index is -4.80. The maximum atomic E-state index is 13.2. The Morgan fingerprint density at radius 1 is 1.10 bits per heavy atom. The van der Waals surface area contributed by atoms with Crippen LogP contribution in [0.5, 0.6) is 0 Å². The maximum absolute atomic E-state index is 13.2. The van der Waals surface area contributed by atoms with Crippen LogP contribution >= 0.6 is 0 Å². The summed E-state index contributed by atoms with van der Waals surface area (Å²) < 4.78 is 81.5. The van der Waals surface area contributed by atoms with Crippen LogP contribution in [-0.2, 0) is 15.7 Å². The first kappa shape index (κ1) is 21.4. The predicted molar refractivity (Wildman–Crippen MR) is 89.1 cm³/mol. The van der Waals surface area contributed by atoms with E-state index >= 15 is 0 Å². The molecule has 1 saturated heterocycles. The Kier molecular flexibility index (Phi) is 5.79. The Morgan fingerprint density at radius 3 is 2.45 bits per heavy atom. The first-order valence-corrected chi connectivity index (χ1v) is 8.94. The Morgan fingerprint density at radius 2 is 1.83 bits per heavy atom. The zero-order valence-electron chi connectivity index (χ0n) is 15.0. The summed E-state index contributed by atoms with van der Waals surface area (Å²) in [5.41, 5.74) is -1.92. The van der Waals surface area contributed by atoms with Crippen LogP contribution in [0.25, 0.3) is 0 Å². The molecule has 2 aliphatic rings. The van der Waals surface area contributed by atoms with Gasteiger partial charge < -0.3 is 15.4 Å². The normalized spacial score (nSPS) is 23.9. The van der Waals surface area contributed by atoms with Gasteiger partial charge in [-0.2, -0.15) is 26.3 Å². The molecule has 0 radical (unpaired) electrons. The smallest absolute Gasteiger partial charge is 0.378 e. The van der Waals surface area contributed by atoms with E-state index in [-0.39, 0.29) is 23.6 Å². The molecule has 1 aliphatic heterocycles. The molecular formula is C18H18F6N2O3. The fraction of sp³-hybridized carbons (Fsp3) is 0.556. The molecule has 160 valence electrons. The lowest BCUT2D eigenvalue weighted by Gasteiger charge is -2.39. The highest BCUT2D eigenvalue weighted by molar-refractivity contribution is 5.97. The Balaban J connectivity index is 1.73. The van der Waals surface area contributed by atoms with Crippen molar-refractivity contribution >= 4 is 17.5 Å². The van der Waals surface area contributed by atoms with Crippen molar-refractivity contribution in [2.45, 2.75) is 50.2 Å². The average Bonchev–Trinajstić information content (AvgIpc) is 2.97. The first-order valence-electron chi connectivity index (χ1n) is 8.94. The number of alkyl halides is 6. The van der Waals surface area contributed by atoms with Gasteiger partial charge in [0.05, 0.1) is 18.1 Å². The Labute approximate surface area is 161 Å². The third-order valence-corrected chi connectivity index (χ3v) is 5.02. The van der Waals surface area contributed by atoms with E-state index in [4.69, 9.17) is 4.74 Å². The zero-order valence-corrected chi connectivity index (χ0v) is 15.0. The van der Waals surface area contributed by atoms with Gasteiger partial charge in [0, 0.05) is 36.2 Å². The first-order chi connectivity index (χ1) is 13.4. The van der Waals surface area contributed by atoms with Crippen molar-refractivity contribution in [2.75, 3.05) is 11.9 Å². The molecule has 2 amide bonds. The van der Waals surface area contributed by atoms with Crippen LogP contribution in [-0.4, -0.2) is 36.7 Å². The molecule has 0 unspecified atom stereocenters. The summed E-state index contributed by atoms with van der Waals surface area (Å²) in [5, 5.41) is 4.66. The number of carbonyl (C=O) groups excluding carboxylic acids is 2. The molecule has 2 N–H and O–H groups in total. The van der Waals surface area contributed by atoms with Crippen LogP contribution in [0.3, 0.4) is 0 Å². The number of halogens is 6. The van der Waals surface area contributed by atoms with Crippen molar-refractivity contribution in [3.8, 4) is 0 Å². The molecule has 2 fully saturated rings. The molecule has 3 atom stereocenters. The molecule has 1 aromatic rings. The van der Waals surface area contributed by atoms with Crippen LogP contribution in [0.2, 0.25) is 0 Å². The van der Waals surface area contributed by atoms with Gasteiger partial charge in [0.1, 0.15) is 0 Å². The van der Waals surface area contributed by atoms with Gasteiger partial charge in [0.25, 0.3) is 5.91 Å². The van der Waals surface area contributed by atoms with Crippen LogP contribution < -0.4 is 10.6 Å². The molecule has 5 nitrogen and oxygen atoms in total. The maximum Gasteiger partial charge on any atom is 0.416 e. The summed E-state index contributed by atoms with van der Waals surface area (Å²) >= 11 is 0. The fourth-order valence-electron chi connectivity index (χ4n) is 3.49. The monoisotopic (exact) mass is 424 g/mol. The highest BCUT2D eigenvalue weighted by Gasteiger charge is 2.46. The van der Waals surface area contributed by atoms with E-state index in [2.05, 4.69) is 5.32 Å². The fourth-order valence-corrected chi connectivity index (χ4v) is 3.49. The molecule has 1 aliphatic carbocycles. The summed E-state index contributed by atoms with van der Waals surface area (Å²) in [6.45, 7) is 0.569. The van der Waals surface area contributed by atoms with E-state index in [0.29, 0.717) is 25.2 Å². The summed E-state index contributed by atoms with van der Waals surface area (Å²) in [5.74, 6) is -1.73. The minimum Gasteiger partial charge on any atom is -0.378 e. The Hall–Kier alpha value is -2.30. The second kappa shape index (κ2) is 7.85. The molecule has 1 heterocycles. The largest absolute Gasteiger partial charge is 0.416 e. The Bertz CT molecular complexity index is 793. The number of hydrogen-bond donors (Lipinski definition) is 2. The van der Waals surface area contributed by atoms with E-state index in [1.807, 2.05) is 5.32 Å². The summed E-state index contributed by atoms with van der Waals surface area (Å²) in [6.07, 6.45) is -10.4. The van der Waals surface area contributed by atoms with E-state index in [9.17, 15) is 35.9 Å². The van der Waals surface area contributed by atoms with Gasteiger partial charge in [0.2, 0.25) is 5.91 Å². The number of rotatable bonds is 5. The van der Waals surface area contributed by atoms with Gasteiger partial charge in [-0.05, 0) is 31.0 Å². The van der Waals surface area contributed by atoms with Crippen LogP contribution in [0.1, 0.15) is 41.6 Å². The zero-order chi connectivity index (χ0) is 21.4. The number of amides is 2. The highest BCUT2D eigenvalue weighted by atomic mass is 19.4. The van der Waals surface area contributed by atoms with Crippen molar-refractivity contribution in [3.63, 3.8) is 0 Å². The molecule has 1 saturated carbocycles. The third kappa shape index (κ3) is 5.40. The van der Waals surface area contributed by atoms with Gasteiger partial charge in [-0.15, -0.1) is 0 Å².